The number of hydrogen-bond acceptors (Lipinski definition) is 1. The van der Waals surface area contributed by atoms with Crippen molar-refractivity contribution in [3.63, 3.8) is 0 Å². The molecule has 4 saturated carbocycles. The van der Waals surface area contributed by atoms with Crippen LogP contribution in [0.1, 0.15) is 65.2 Å². The molecule has 0 radical (unpaired) electrons. The number of carbonyl (C=O) groups is 1. The van der Waals surface area contributed by atoms with Crippen LogP contribution >= 0.6 is 0 Å². The Bertz CT molecular complexity index is 498. The smallest absolute Gasteiger partial charge is 0.229 e. The molecule has 1 spiro atoms. The first-order valence-electron chi connectivity index (χ1n) is 9.35. The SMILES string of the molecule is CC1CCCN(C(=O)C23CC4CC5CC(C2)C5(C4)C3)C1C. The Labute approximate surface area is 128 Å². The third-order valence-electron chi connectivity index (χ3n) is 8.55. The van der Waals surface area contributed by atoms with Gasteiger partial charge in [0, 0.05) is 12.6 Å². The first-order valence-corrected chi connectivity index (χ1v) is 9.35. The molecule has 7 unspecified atom stereocenters. The average molecular weight is 287 g/mol. The molecule has 1 amide bonds. The Kier molecular flexibility index (Phi) is 2.38. The molecule has 5 fully saturated rings. The van der Waals surface area contributed by atoms with E-state index in [-0.39, 0.29) is 5.41 Å². The summed E-state index contributed by atoms with van der Waals surface area (Å²) in [4.78, 5) is 15.8. The number of hydrogen-bond donors (Lipinski definition) is 0. The third kappa shape index (κ3) is 1.43. The summed E-state index contributed by atoms with van der Waals surface area (Å²) in [6.07, 6.45) is 10.7. The lowest BCUT2D eigenvalue weighted by Crippen LogP contribution is -2.52. The van der Waals surface area contributed by atoms with Crippen LogP contribution in [0.4, 0.5) is 0 Å². The highest BCUT2D eigenvalue weighted by molar-refractivity contribution is 5.84. The minimum Gasteiger partial charge on any atom is -0.339 e. The molecule has 0 aromatic rings. The van der Waals surface area contributed by atoms with Gasteiger partial charge in [0.1, 0.15) is 0 Å². The van der Waals surface area contributed by atoms with Gasteiger partial charge in [-0.3, -0.25) is 4.79 Å². The van der Waals surface area contributed by atoms with Gasteiger partial charge < -0.3 is 4.90 Å². The first kappa shape index (κ1) is 13.0. The number of carbonyl (C=O) groups excluding carboxylic acids is 1. The minimum atomic E-state index is 0.0736. The Balaban J connectivity index is 1.46. The van der Waals surface area contributed by atoms with Crippen molar-refractivity contribution in [3.05, 3.63) is 0 Å². The zero-order valence-corrected chi connectivity index (χ0v) is 13.6. The number of fused-ring (bicyclic) bond motifs is 2. The molecular weight excluding hydrogens is 258 g/mol. The maximum atomic E-state index is 13.5. The zero-order valence-electron chi connectivity index (χ0n) is 13.6. The standard InChI is InChI=1S/C19H29NO/c1-12-4-3-5-20(13(12)2)17(21)18-8-14-6-15-7-16(10-18)19(15,9-14)11-18/h12-16H,3-11H2,1-2H3. The molecule has 0 aromatic carbocycles. The predicted octanol–water partition coefficient (Wildman–Crippen LogP) is 3.85. The monoisotopic (exact) mass is 287 g/mol. The molecule has 7 atom stereocenters. The Morgan fingerprint density at radius 1 is 1.10 bits per heavy atom. The summed E-state index contributed by atoms with van der Waals surface area (Å²) in [5, 5.41) is 0. The molecule has 1 saturated heterocycles. The third-order valence-corrected chi connectivity index (χ3v) is 8.55. The van der Waals surface area contributed by atoms with Crippen molar-refractivity contribution >= 4 is 5.91 Å². The van der Waals surface area contributed by atoms with E-state index in [2.05, 4.69) is 18.7 Å². The predicted molar refractivity (Wildman–Crippen MR) is 82.6 cm³/mol. The fourth-order valence-electron chi connectivity index (χ4n) is 7.53. The number of nitrogens with zero attached hydrogens (tertiary/aromatic N) is 1. The van der Waals surface area contributed by atoms with E-state index in [0.29, 0.717) is 23.3 Å². The van der Waals surface area contributed by atoms with Crippen molar-refractivity contribution < 1.29 is 4.79 Å². The summed E-state index contributed by atoms with van der Waals surface area (Å²) in [6, 6.07) is 0.465. The van der Waals surface area contributed by atoms with E-state index in [0.717, 1.165) is 24.3 Å². The van der Waals surface area contributed by atoms with Crippen LogP contribution in [0, 0.1) is 34.5 Å². The van der Waals surface area contributed by atoms with Gasteiger partial charge in [0.15, 0.2) is 0 Å². The highest BCUT2D eigenvalue weighted by Gasteiger charge is 2.72. The number of likely N-dealkylation sites (tertiary alicyclic amines) is 1. The second-order valence-electron chi connectivity index (χ2n) is 9.39. The zero-order chi connectivity index (χ0) is 14.4. The number of rotatable bonds is 1. The van der Waals surface area contributed by atoms with E-state index in [4.69, 9.17) is 0 Å². The summed E-state index contributed by atoms with van der Waals surface area (Å²) >= 11 is 0. The molecule has 5 aliphatic rings. The van der Waals surface area contributed by atoms with Crippen LogP contribution in [0.3, 0.4) is 0 Å². The van der Waals surface area contributed by atoms with Crippen LogP contribution in [0.15, 0.2) is 0 Å². The molecule has 2 heteroatoms. The lowest BCUT2D eigenvalue weighted by Gasteiger charge is -2.49. The van der Waals surface area contributed by atoms with E-state index < -0.39 is 0 Å². The minimum absolute atomic E-state index is 0.0736. The molecule has 0 N–H and O–H groups in total. The summed E-state index contributed by atoms with van der Waals surface area (Å²) in [7, 11) is 0. The second kappa shape index (κ2) is 3.86. The summed E-state index contributed by atoms with van der Waals surface area (Å²) < 4.78 is 0. The van der Waals surface area contributed by atoms with Crippen molar-refractivity contribution in [2.75, 3.05) is 6.54 Å². The van der Waals surface area contributed by atoms with Gasteiger partial charge in [0.25, 0.3) is 0 Å². The largest absolute Gasteiger partial charge is 0.339 e. The Morgan fingerprint density at radius 2 is 1.95 bits per heavy atom. The molecule has 0 aromatic heterocycles. The number of piperidine rings is 1. The Morgan fingerprint density at radius 3 is 2.81 bits per heavy atom. The van der Waals surface area contributed by atoms with Gasteiger partial charge >= 0.3 is 0 Å². The highest BCUT2D eigenvalue weighted by atomic mass is 16.2. The van der Waals surface area contributed by atoms with Gasteiger partial charge in [0.2, 0.25) is 5.91 Å². The topological polar surface area (TPSA) is 20.3 Å². The normalized spacial score (nSPS) is 57.2. The van der Waals surface area contributed by atoms with Crippen LogP contribution in [0.5, 0.6) is 0 Å². The van der Waals surface area contributed by atoms with Crippen molar-refractivity contribution in [1.29, 1.82) is 0 Å². The van der Waals surface area contributed by atoms with Crippen molar-refractivity contribution in [1.82, 2.24) is 4.90 Å². The van der Waals surface area contributed by atoms with Crippen LogP contribution in [-0.4, -0.2) is 23.4 Å². The van der Waals surface area contributed by atoms with Gasteiger partial charge in [-0.05, 0) is 87.4 Å². The lowest BCUT2D eigenvalue weighted by molar-refractivity contribution is -0.149. The summed E-state index contributed by atoms with van der Waals surface area (Å²) in [6.45, 7) is 5.65. The second-order valence-corrected chi connectivity index (χ2v) is 9.39. The molecule has 21 heavy (non-hydrogen) atoms. The molecule has 1 heterocycles. The van der Waals surface area contributed by atoms with Gasteiger partial charge in [-0.15, -0.1) is 0 Å². The van der Waals surface area contributed by atoms with Gasteiger partial charge in [-0.1, -0.05) is 6.92 Å². The van der Waals surface area contributed by atoms with E-state index >= 15 is 0 Å². The lowest BCUT2D eigenvalue weighted by atomic mass is 9.55. The van der Waals surface area contributed by atoms with E-state index in [9.17, 15) is 4.79 Å². The molecule has 1 aliphatic heterocycles. The van der Waals surface area contributed by atoms with Crippen molar-refractivity contribution in [3.8, 4) is 0 Å². The fraction of sp³-hybridized carbons (Fsp3) is 0.947. The highest BCUT2D eigenvalue weighted by Crippen LogP contribution is 2.79. The number of amides is 1. The van der Waals surface area contributed by atoms with Gasteiger partial charge in [-0.25, -0.2) is 0 Å². The van der Waals surface area contributed by atoms with Crippen molar-refractivity contribution in [2.45, 2.75) is 71.3 Å². The van der Waals surface area contributed by atoms with Crippen LogP contribution in [0.25, 0.3) is 0 Å². The Hall–Kier alpha value is -0.530. The molecule has 5 rings (SSSR count). The quantitative estimate of drug-likeness (QED) is 0.717. The van der Waals surface area contributed by atoms with Crippen molar-refractivity contribution in [2.24, 2.45) is 34.5 Å². The summed E-state index contributed by atoms with van der Waals surface area (Å²) in [5.74, 6) is 4.06. The van der Waals surface area contributed by atoms with Gasteiger partial charge in [0.05, 0.1) is 5.41 Å². The van der Waals surface area contributed by atoms with Crippen LogP contribution in [-0.2, 0) is 4.79 Å². The average Bonchev–Trinajstić information content (AvgIpc) is 2.77. The molecule has 3 bridgehead atoms. The molecule has 4 aliphatic carbocycles. The van der Waals surface area contributed by atoms with E-state index in [1.807, 2.05) is 0 Å². The van der Waals surface area contributed by atoms with Crippen LogP contribution in [0.2, 0.25) is 0 Å². The van der Waals surface area contributed by atoms with Gasteiger partial charge in [-0.2, -0.15) is 0 Å². The van der Waals surface area contributed by atoms with E-state index in [1.165, 1.54) is 51.4 Å². The summed E-state index contributed by atoms with van der Waals surface area (Å²) in [5.41, 5.74) is 0.716. The maximum absolute atomic E-state index is 13.5. The molecule has 2 nitrogen and oxygen atoms in total. The van der Waals surface area contributed by atoms with E-state index in [1.54, 1.807) is 0 Å². The fourth-order valence-corrected chi connectivity index (χ4v) is 7.53. The molecular formula is C19H29NO. The van der Waals surface area contributed by atoms with Crippen LogP contribution < -0.4 is 0 Å². The maximum Gasteiger partial charge on any atom is 0.229 e. The molecule has 116 valence electrons. The first-order chi connectivity index (χ1) is 10.0.